The van der Waals surface area contributed by atoms with Crippen LogP contribution in [-0.2, 0) is 0 Å². The second-order valence-electron chi connectivity index (χ2n) is 3.83. The second-order valence-corrected chi connectivity index (χ2v) is 4.81. The van der Waals surface area contributed by atoms with Gasteiger partial charge >= 0.3 is 0 Å². The first-order valence-electron chi connectivity index (χ1n) is 5.60. The van der Waals surface area contributed by atoms with Crippen molar-refractivity contribution in [1.82, 2.24) is 15.0 Å². The van der Waals surface area contributed by atoms with E-state index in [9.17, 15) is 0 Å². The Bertz CT molecular complexity index is 439. The molecule has 0 unspecified atom stereocenters. The van der Waals surface area contributed by atoms with E-state index in [0.29, 0.717) is 12.5 Å². The molecule has 0 fully saturated rings. The summed E-state index contributed by atoms with van der Waals surface area (Å²) in [4.78, 5) is 7.29. The highest BCUT2D eigenvalue weighted by molar-refractivity contribution is 7.06. The summed E-state index contributed by atoms with van der Waals surface area (Å²) in [7, 11) is 3.67. The Morgan fingerprint density at radius 2 is 2.28 bits per heavy atom. The number of aliphatic imine (C=N–C) groups is 1. The van der Waals surface area contributed by atoms with E-state index < -0.39 is 0 Å². The number of nitrogens with one attached hydrogen (secondary N) is 2. The van der Waals surface area contributed by atoms with Crippen molar-refractivity contribution < 1.29 is 0 Å². The first kappa shape index (κ1) is 14.3. The minimum Gasteiger partial charge on any atom is -0.370 e. The number of hydrogen-bond donors (Lipinski definition) is 2. The lowest BCUT2D eigenvalue weighted by Crippen LogP contribution is -2.39. The van der Waals surface area contributed by atoms with Crippen LogP contribution in [0.25, 0.3) is 0 Å². The molecule has 98 valence electrons. The van der Waals surface area contributed by atoms with Crippen LogP contribution in [0.5, 0.6) is 0 Å². The van der Waals surface area contributed by atoms with Crippen molar-refractivity contribution in [3.63, 3.8) is 0 Å². The largest absolute Gasteiger partial charge is 0.370 e. The summed E-state index contributed by atoms with van der Waals surface area (Å²) in [5.41, 5.74) is 2.24. The molecule has 0 aliphatic rings. The predicted octanol–water partition coefficient (Wildman–Crippen LogP) is 0.842. The standard InChI is InChI=1S/C11H18N6S/c1-8-10(9(2)18-16-8)17(4)6-5-14-11(13-3)15-7-12/h5-6H2,1-4H3,(H2,13,14,15). The smallest absolute Gasteiger partial charge is 0.204 e. The minimum absolute atomic E-state index is 0.489. The van der Waals surface area contributed by atoms with Gasteiger partial charge in [0.25, 0.3) is 0 Å². The molecular formula is C11H18N6S. The molecule has 0 aliphatic carbocycles. The molecule has 1 aromatic rings. The summed E-state index contributed by atoms with van der Waals surface area (Å²) in [6.45, 7) is 5.60. The van der Waals surface area contributed by atoms with Crippen LogP contribution in [0.4, 0.5) is 5.69 Å². The molecule has 0 radical (unpaired) electrons. The number of likely N-dealkylation sites (N-methyl/N-ethyl adjacent to an activating group) is 1. The Morgan fingerprint density at radius 3 is 2.78 bits per heavy atom. The summed E-state index contributed by atoms with van der Waals surface area (Å²) < 4.78 is 4.33. The Balaban J connectivity index is 2.48. The molecule has 0 amide bonds. The Labute approximate surface area is 111 Å². The van der Waals surface area contributed by atoms with Crippen LogP contribution in [0, 0.1) is 25.3 Å². The van der Waals surface area contributed by atoms with E-state index in [0.717, 1.165) is 12.2 Å². The van der Waals surface area contributed by atoms with E-state index in [-0.39, 0.29) is 0 Å². The topological polar surface area (TPSA) is 76.3 Å². The molecule has 0 atom stereocenters. The summed E-state index contributed by atoms with van der Waals surface area (Å²) >= 11 is 1.52. The third-order valence-corrected chi connectivity index (χ3v) is 3.35. The van der Waals surface area contributed by atoms with Crippen LogP contribution in [0.3, 0.4) is 0 Å². The Hall–Kier alpha value is -1.81. The lowest BCUT2D eigenvalue weighted by molar-refractivity contribution is 0.805. The van der Waals surface area contributed by atoms with Crippen molar-refractivity contribution in [3.05, 3.63) is 10.6 Å². The van der Waals surface area contributed by atoms with Gasteiger partial charge in [-0.15, -0.1) is 0 Å². The van der Waals surface area contributed by atoms with Gasteiger partial charge in [0.1, 0.15) is 0 Å². The van der Waals surface area contributed by atoms with Gasteiger partial charge in [0.15, 0.2) is 6.19 Å². The zero-order chi connectivity index (χ0) is 13.5. The molecule has 0 spiro atoms. The van der Waals surface area contributed by atoms with Gasteiger partial charge in [0.05, 0.1) is 11.4 Å². The molecule has 0 saturated carbocycles. The molecule has 1 rings (SSSR count). The highest BCUT2D eigenvalue weighted by Crippen LogP contribution is 2.25. The van der Waals surface area contributed by atoms with Gasteiger partial charge in [-0.1, -0.05) is 0 Å². The van der Waals surface area contributed by atoms with Crippen LogP contribution in [0.15, 0.2) is 4.99 Å². The van der Waals surface area contributed by atoms with Gasteiger partial charge in [-0.2, -0.15) is 9.64 Å². The van der Waals surface area contributed by atoms with Crippen LogP contribution in [-0.4, -0.2) is 37.5 Å². The lowest BCUT2D eigenvalue weighted by Gasteiger charge is -2.20. The highest BCUT2D eigenvalue weighted by Gasteiger charge is 2.11. The van der Waals surface area contributed by atoms with E-state index in [1.807, 2.05) is 20.2 Å². The second kappa shape index (κ2) is 6.81. The van der Waals surface area contributed by atoms with Crippen molar-refractivity contribution in [3.8, 4) is 6.19 Å². The van der Waals surface area contributed by atoms with Crippen LogP contribution in [0.2, 0.25) is 0 Å². The fourth-order valence-corrected chi connectivity index (χ4v) is 2.46. The fraction of sp³-hybridized carbons (Fsp3) is 0.545. The molecule has 0 aromatic carbocycles. The van der Waals surface area contributed by atoms with E-state index in [1.54, 1.807) is 7.05 Å². The third-order valence-electron chi connectivity index (χ3n) is 2.51. The quantitative estimate of drug-likeness (QED) is 0.365. The van der Waals surface area contributed by atoms with Gasteiger partial charge in [0.2, 0.25) is 5.96 Å². The summed E-state index contributed by atoms with van der Waals surface area (Å²) in [6.07, 6.45) is 1.84. The number of guanidine groups is 1. The van der Waals surface area contributed by atoms with E-state index >= 15 is 0 Å². The minimum atomic E-state index is 0.489. The molecular weight excluding hydrogens is 248 g/mol. The van der Waals surface area contributed by atoms with Crippen LogP contribution in [0.1, 0.15) is 10.6 Å². The van der Waals surface area contributed by atoms with Crippen LogP contribution >= 0.6 is 11.5 Å². The number of aromatic nitrogens is 1. The zero-order valence-electron chi connectivity index (χ0n) is 11.1. The lowest BCUT2D eigenvalue weighted by atomic mass is 10.3. The number of anilines is 1. The molecule has 1 heterocycles. The third kappa shape index (κ3) is 3.60. The number of aryl methyl sites for hydroxylation is 2. The van der Waals surface area contributed by atoms with Crippen molar-refractivity contribution in [2.24, 2.45) is 4.99 Å². The summed E-state index contributed by atoms with van der Waals surface area (Å²) in [6, 6.07) is 0. The van der Waals surface area contributed by atoms with Crippen molar-refractivity contribution >= 4 is 23.2 Å². The van der Waals surface area contributed by atoms with Gasteiger partial charge < -0.3 is 10.2 Å². The Morgan fingerprint density at radius 1 is 1.56 bits per heavy atom. The number of nitrogens with zero attached hydrogens (tertiary/aromatic N) is 4. The van der Waals surface area contributed by atoms with Crippen molar-refractivity contribution in [2.45, 2.75) is 13.8 Å². The van der Waals surface area contributed by atoms with Crippen molar-refractivity contribution in [2.75, 3.05) is 32.1 Å². The van der Waals surface area contributed by atoms with Crippen LogP contribution < -0.4 is 15.5 Å². The number of hydrogen-bond acceptors (Lipinski definition) is 5. The summed E-state index contributed by atoms with van der Waals surface area (Å²) in [5.74, 6) is 0.489. The molecule has 2 N–H and O–H groups in total. The maximum atomic E-state index is 8.50. The monoisotopic (exact) mass is 266 g/mol. The van der Waals surface area contributed by atoms with E-state index in [2.05, 4.69) is 31.8 Å². The van der Waals surface area contributed by atoms with Gasteiger partial charge in [-0.05, 0) is 25.4 Å². The molecule has 1 aromatic heterocycles. The molecule has 7 heteroatoms. The fourth-order valence-electron chi connectivity index (χ4n) is 1.71. The molecule has 18 heavy (non-hydrogen) atoms. The van der Waals surface area contributed by atoms with Crippen molar-refractivity contribution in [1.29, 1.82) is 5.26 Å². The molecule has 0 aliphatic heterocycles. The Kier molecular flexibility index (Phi) is 5.39. The normalized spacial score (nSPS) is 10.9. The maximum Gasteiger partial charge on any atom is 0.204 e. The highest BCUT2D eigenvalue weighted by atomic mass is 32.1. The molecule has 0 bridgehead atoms. The zero-order valence-corrected chi connectivity index (χ0v) is 11.9. The van der Waals surface area contributed by atoms with Gasteiger partial charge in [0, 0.05) is 32.1 Å². The molecule has 0 saturated heterocycles. The summed E-state index contributed by atoms with van der Waals surface area (Å²) in [5, 5.41) is 14.0. The molecule has 6 nitrogen and oxygen atoms in total. The first-order valence-corrected chi connectivity index (χ1v) is 6.37. The number of nitriles is 1. The number of rotatable bonds is 4. The SMILES string of the molecule is CN=C(NC#N)NCCN(C)c1c(C)nsc1C. The van der Waals surface area contributed by atoms with E-state index in [4.69, 9.17) is 5.26 Å². The average molecular weight is 266 g/mol. The van der Waals surface area contributed by atoms with Gasteiger partial charge in [-0.3, -0.25) is 10.3 Å². The van der Waals surface area contributed by atoms with E-state index in [1.165, 1.54) is 22.1 Å². The average Bonchev–Trinajstić information content (AvgIpc) is 2.67. The first-order chi connectivity index (χ1) is 8.60. The predicted molar refractivity (Wildman–Crippen MR) is 75.0 cm³/mol. The van der Waals surface area contributed by atoms with Gasteiger partial charge in [-0.25, -0.2) is 0 Å². The maximum absolute atomic E-state index is 8.50.